The van der Waals surface area contributed by atoms with Crippen LogP contribution in [0.5, 0.6) is 0 Å². The molecule has 3 N–H and O–H groups in total. The van der Waals surface area contributed by atoms with Gasteiger partial charge in [0.25, 0.3) is 0 Å². The van der Waals surface area contributed by atoms with Gasteiger partial charge in [-0.25, -0.2) is 15.6 Å². The summed E-state index contributed by atoms with van der Waals surface area (Å²) in [4.78, 5) is 15.7. The third-order valence-electron chi connectivity index (χ3n) is 2.71. The Morgan fingerprint density at radius 2 is 2.33 bits per heavy atom. The second-order valence-corrected chi connectivity index (χ2v) is 4.65. The molecule has 3 aromatic rings. The molecular weight excluding hydrogens is 252 g/mol. The van der Waals surface area contributed by atoms with Gasteiger partial charge >= 0.3 is 5.76 Å². The number of thiazole rings is 1. The fraction of sp³-hybridized carbons (Fsp3) is 0.0909. The molecule has 18 heavy (non-hydrogen) atoms. The van der Waals surface area contributed by atoms with Crippen molar-refractivity contribution in [3.8, 4) is 11.3 Å². The van der Waals surface area contributed by atoms with E-state index in [0.717, 1.165) is 16.8 Å². The Labute approximate surface area is 106 Å². The minimum Gasteiger partial charge on any atom is -0.408 e. The van der Waals surface area contributed by atoms with Gasteiger partial charge in [-0.05, 0) is 18.2 Å². The standard InChI is InChI=1S/C11H10N4O2S/c1-15-8-4-6(2-3-9(8)17-11(15)16)7-5-18-10(13-7)14-12/h2-5H,12H2,1H3,(H,13,14). The minimum absolute atomic E-state index is 0.371. The van der Waals surface area contributed by atoms with E-state index in [9.17, 15) is 4.79 Å². The van der Waals surface area contributed by atoms with Crippen molar-refractivity contribution >= 4 is 27.6 Å². The largest absolute Gasteiger partial charge is 0.419 e. The molecule has 0 aliphatic rings. The average molecular weight is 262 g/mol. The van der Waals surface area contributed by atoms with Crippen molar-refractivity contribution in [1.82, 2.24) is 9.55 Å². The lowest BCUT2D eigenvalue weighted by Crippen LogP contribution is -2.08. The number of nitrogens with zero attached hydrogens (tertiary/aromatic N) is 2. The maximum Gasteiger partial charge on any atom is 0.419 e. The molecule has 0 bridgehead atoms. The molecule has 0 radical (unpaired) electrons. The maximum atomic E-state index is 11.4. The van der Waals surface area contributed by atoms with Crippen LogP contribution in [0.2, 0.25) is 0 Å². The predicted octanol–water partition coefficient (Wildman–Crippen LogP) is 1.54. The number of fused-ring (bicyclic) bond motifs is 1. The number of aromatic nitrogens is 2. The zero-order valence-corrected chi connectivity index (χ0v) is 10.3. The first-order valence-electron chi connectivity index (χ1n) is 5.21. The molecule has 0 aliphatic carbocycles. The van der Waals surface area contributed by atoms with Crippen LogP contribution >= 0.6 is 11.3 Å². The summed E-state index contributed by atoms with van der Waals surface area (Å²) in [5, 5.41) is 2.54. The molecular formula is C11H10N4O2S. The normalized spacial score (nSPS) is 11.0. The van der Waals surface area contributed by atoms with E-state index < -0.39 is 0 Å². The summed E-state index contributed by atoms with van der Waals surface area (Å²) in [6.45, 7) is 0. The van der Waals surface area contributed by atoms with Crippen molar-refractivity contribution in [3.63, 3.8) is 0 Å². The van der Waals surface area contributed by atoms with Crippen molar-refractivity contribution in [1.29, 1.82) is 0 Å². The molecule has 2 heterocycles. The van der Waals surface area contributed by atoms with Gasteiger partial charge < -0.3 is 4.42 Å². The van der Waals surface area contributed by atoms with Crippen molar-refractivity contribution in [2.75, 3.05) is 5.43 Å². The lowest BCUT2D eigenvalue weighted by Gasteiger charge is -1.97. The van der Waals surface area contributed by atoms with Crippen LogP contribution in [-0.4, -0.2) is 9.55 Å². The number of hydrazine groups is 1. The number of nitrogens with two attached hydrogens (primary N) is 1. The smallest absolute Gasteiger partial charge is 0.408 e. The van der Waals surface area contributed by atoms with Crippen molar-refractivity contribution in [2.24, 2.45) is 12.9 Å². The highest BCUT2D eigenvalue weighted by Gasteiger charge is 2.09. The molecule has 0 atom stereocenters. The van der Waals surface area contributed by atoms with Crippen LogP contribution in [0.3, 0.4) is 0 Å². The molecule has 0 saturated heterocycles. The third kappa shape index (κ3) is 1.60. The zero-order chi connectivity index (χ0) is 12.7. The Morgan fingerprint density at radius 3 is 3.06 bits per heavy atom. The third-order valence-corrected chi connectivity index (χ3v) is 3.49. The van der Waals surface area contributed by atoms with E-state index in [1.165, 1.54) is 15.9 Å². The summed E-state index contributed by atoms with van der Waals surface area (Å²) in [6.07, 6.45) is 0. The second-order valence-electron chi connectivity index (χ2n) is 3.79. The van der Waals surface area contributed by atoms with Crippen LogP contribution < -0.4 is 17.0 Å². The molecule has 1 aromatic carbocycles. The molecule has 7 heteroatoms. The zero-order valence-electron chi connectivity index (χ0n) is 9.51. The molecule has 0 fully saturated rings. The molecule has 6 nitrogen and oxygen atoms in total. The molecule has 0 amide bonds. The first kappa shape index (κ1) is 11.0. The summed E-state index contributed by atoms with van der Waals surface area (Å²) in [7, 11) is 1.67. The molecule has 92 valence electrons. The van der Waals surface area contributed by atoms with Gasteiger partial charge in [-0.15, -0.1) is 11.3 Å². The van der Waals surface area contributed by atoms with Gasteiger partial charge in [-0.3, -0.25) is 9.99 Å². The summed E-state index contributed by atoms with van der Waals surface area (Å²) in [6, 6.07) is 5.50. The van der Waals surface area contributed by atoms with Crippen LogP contribution in [0.4, 0.5) is 5.13 Å². The van der Waals surface area contributed by atoms with E-state index in [-0.39, 0.29) is 5.76 Å². The van der Waals surface area contributed by atoms with Crippen LogP contribution in [0, 0.1) is 0 Å². The first-order valence-corrected chi connectivity index (χ1v) is 6.09. The Hall–Kier alpha value is -2.12. The van der Waals surface area contributed by atoms with Crippen LogP contribution in [-0.2, 0) is 7.05 Å². The van der Waals surface area contributed by atoms with Gasteiger partial charge in [0.1, 0.15) is 0 Å². The van der Waals surface area contributed by atoms with Gasteiger partial charge in [-0.2, -0.15) is 0 Å². The van der Waals surface area contributed by atoms with Crippen LogP contribution in [0.25, 0.3) is 22.4 Å². The minimum atomic E-state index is -0.371. The van der Waals surface area contributed by atoms with E-state index in [1.54, 1.807) is 13.1 Å². The Balaban J connectivity index is 2.18. The number of rotatable bonds is 2. The van der Waals surface area contributed by atoms with Gasteiger partial charge in [0.15, 0.2) is 10.7 Å². The second kappa shape index (κ2) is 3.97. The van der Waals surface area contributed by atoms with E-state index in [2.05, 4.69) is 10.4 Å². The first-order chi connectivity index (χ1) is 8.69. The average Bonchev–Trinajstić information content (AvgIpc) is 2.96. The van der Waals surface area contributed by atoms with Gasteiger partial charge in [0, 0.05) is 18.0 Å². The van der Waals surface area contributed by atoms with Crippen molar-refractivity contribution < 1.29 is 4.42 Å². The van der Waals surface area contributed by atoms with Crippen molar-refractivity contribution in [2.45, 2.75) is 0 Å². The molecule has 0 aliphatic heterocycles. The highest BCUT2D eigenvalue weighted by atomic mass is 32.1. The summed E-state index contributed by atoms with van der Waals surface area (Å²) in [5.41, 5.74) is 5.54. The van der Waals surface area contributed by atoms with Crippen LogP contribution in [0.15, 0.2) is 32.8 Å². The number of hydrogen-bond acceptors (Lipinski definition) is 6. The van der Waals surface area contributed by atoms with Gasteiger partial charge in [-0.1, -0.05) is 0 Å². The summed E-state index contributed by atoms with van der Waals surface area (Å²) >= 11 is 1.42. The Bertz CT molecular complexity index is 771. The molecule has 2 aromatic heterocycles. The molecule has 0 saturated carbocycles. The predicted molar refractivity (Wildman–Crippen MR) is 70.4 cm³/mol. The fourth-order valence-electron chi connectivity index (χ4n) is 1.76. The number of nitrogen functional groups attached to an aromatic ring is 1. The van der Waals surface area contributed by atoms with Crippen molar-refractivity contribution in [3.05, 3.63) is 34.1 Å². The maximum absolute atomic E-state index is 11.4. The van der Waals surface area contributed by atoms with E-state index >= 15 is 0 Å². The van der Waals surface area contributed by atoms with E-state index in [0.29, 0.717) is 10.7 Å². The molecule has 3 rings (SSSR count). The fourth-order valence-corrected chi connectivity index (χ4v) is 2.39. The van der Waals surface area contributed by atoms with Crippen LogP contribution in [0.1, 0.15) is 0 Å². The van der Waals surface area contributed by atoms with E-state index in [4.69, 9.17) is 10.3 Å². The summed E-state index contributed by atoms with van der Waals surface area (Å²) < 4.78 is 6.54. The van der Waals surface area contributed by atoms with Gasteiger partial charge in [0.05, 0.1) is 11.2 Å². The highest BCUT2D eigenvalue weighted by Crippen LogP contribution is 2.26. The highest BCUT2D eigenvalue weighted by molar-refractivity contribution is 7.14. The van der Waals surface area contributed by atoms with Gasteiger partial charge in [0.2, 0.25) is 0 Å². The number of nitrogens with one attached hydrogen (secondary N) is 1. The number of anilines is 1. The topological polar surface area (TPSA) is 86.1 Å². The summed E-state index contributed by atoms with van der Waals surface area (Å²) in [5.74, 6) is 4.93. The molecule has 0 spiro atoms. The van der Waals surface area contributed by atoms with E-state index in [1.807, 2.05) is 17.5 Å². The monoisotopic (exact) mass is 262 g/mol. The number of aryl methyl sites for hydroxylation is 1. The lowest BCUT2D eigenvalue weighted by atomic mass is 10.1. The number of oxazole rings is 1. The SMILES string of the molecule is Cn1c(=O)oc2ccc(-c3csc(NN)n3)cc21. The Kier molecular flexibility index (Phi) is 2.42. The Morgan fingerprint density at radius 1 is 1.50 bits per heavy atom. The number of benzene rings is 1. The molecule has 0 unspecified atom stereocenters. The lowest BCUT2D eigenvalue weighted by molar-refractivity contribution is 0.528. The number of hydrogen-bond donors (Lipinski definition) is 2. The quantitative estimate of drug-likeness (QED) is 0.540.